The lowest BCUT2D eigenvalue weighted by Gasteiger charge is -2.10. The number of nitrogens with zero attached hydrogens (tertiary/aromatic N) is 2. The van der Waals surface area contributed by atoms with Gasteiger partial charge in [0.15, 0.2) is 0 Å². The molecule has 19 heavy (non-hydrogen) atoms. The minimum Gasteiger partial charge on any atom is -0.493 e. The van der Waals surface area contributed by atoms with E-state index in [1.807, 2.05) is 6.92 Å². The maximum atomic E-state index is 5.69. The van der Waals surface area contributed by atoms with Crippen molar-refractivity contribution in [1.82, 2.24) is 9.97 Å². The molecule has 3 rings (SSSR count). The Hall–Kier alpha value is -1.62. The number of aryl methyl sites for hydroxylation is 1. The van der Waals surface area contributed by atoms with Crippen LogP contribution in [-0.2, 0) is 13.0 Å². The fraction of sp³-hybridized carbons (Fsp3) is 0.286. The second-order valence-corrected chi connectivity index (χ2v) is 5.50. The molecule has 1 aromatic carbocycles. The number of hydrogen-bond acceptors (Lipinski definition) is 4. The lowest BCUT2D eigenvalue weighted by molar-refractivity contribution is 0.354. The van der Waals surface area contributed by atoms with Gasteiger partial charge in [-0.1, -0.05) is 15.9 Å². The summed E-state index contributed by atoms with van der Waals surface area (Å²) in [6, 6.07) is 4.19. The zero-order valence-electron chi connectivity index (χ0n) is 10.6. The summed E-state index contributed by atoms with van der Waals surface area (Å²) in [6.07, 6.45) is 4.58. The summed E-state index contributed by atoms with van der Waals surface area (Å²) < 4.78 is 6.77. The number of anilines is 1. The Balaban J connectivity index is 1.78. The molecule has 0 unspecified atom stereocenters. The van der Waals surface area contributed by atoms with E-state index in [0.717, 1.165) is 34.4 Å². The fourth-order valence-corrected chi connectivity index (χ4v) is 2.69. The number of ether oxygens (including phenoxy) is 1. The maximum Gasteiger partial charge on any atom is 0.222 e. The Kier molecular flexibility index (Phi) is 3.38. The molecule has 0 amide bonds. The molecule has 2 heterocycles. The summed E-state index contributed by atoms with van der Waals surface area (Å²) in [5.41, 5.74) is 3.44. The van der Waals surface area contributed by atoms with E-state index in [1.165, 1.54) is 5.56 Å². The summed E-state index contributed by atoms with van der Waals surface area (Å²) in [5.74, 6) is 1.64. The topological polar surface area (TPSA) is 47.0 Å². The van der Waals surface area contributed by atoms with E-state index in [9.17, 15) is 0 Å². The van der Waals surface area contributed by atoms with Gasteiger partial charge >= 0.3 is 0 Å². The molecule has 0 radical (unpaired) electrons. The molecule has 1 aliphatic heterocycles. The minimum absolute atomic E-state index is 0.636. The summed E-state index contributed by atoms with van der Waals surface area (Å²) >= 11 is 3.54. The fourth-order valence-electron chi connectivity index (χ4n) is 2.14. The van der Waals surface area contributed by atoms with E-state index in [-0.39, 0.29) is 0 Å². The Bertz CT molecular complexity index is 598. The molecule has 0 atom stereocenters. The van der Waals surface area contributed by atoms with Gasteiger partial charge in [0.25, 0.3) is 0 Å². The maximum absolute atomic E-state index is 5.69. The van der Waals surface area contributed by atoms with E-state index in [2.05, 4.69) is 43.3 Å². The van der Waals surface area contributed by atoms with Gasteiger partial charge in [-0.15, -0.1) is 0 Å². The molecular formula is C14H14BrN3O. The molecule has 1 aromatic heterocycles. The number of nitrogens with one attached hydrogen (secondary N) is 1. The lowest BCUT2D eigenvalue weighted by Crippen LogP contribution is -2.05. The van der Waals surface area contributed by atoms with E-state index in [4.69, 9.17) is 4.74 Å². The van der Waals surface area contributed by atoms with Gasteiger partial charge in [-0.2, -0.15) is 0 Å². The summed E-state index contributed by atoms with van der Waals surface area (Å²) in [5, 5.41) is 3.22. The number of hydrogen-bond donors (Lipinski definition) is 1. The number of aromatic nitrogens is 2. The normalized spacial score (nSPS) is 12.9. The van der Waals surface area contributed by atoms with Gasteiger partial charge in [-0.3, -0.25) is 0 Å². The lowest BCUT2D eigenvalue weighted by atomic mass is 10.1. The second-order valence-electron chi connectivity index (χ2n) is 4.59. The molecular weight excluding hydrogens is 306 g/mol. The monoisotopic (exact) mass is 319 g/mol. The molecule has 5 heteroatoms. The number of rotatable bonds is 3. The number of fused-ring (bicyclic) bond motifs is 1. The molecule has 0 bridgehead atoms. The molecule has 4 nitrogen and oxygen atoms in total. The van der Waals surface area contributed by atoms with Crippen LogP contribution in [0, 0.1) is 6.92 Å². The second kappa shape index (κ2) is 5.17. The third-order valence-corrected chi connectivity index (χ3v) is 3.50. The zero-order chi connectivity index (χ0) is 13.2. The largest absolute Gasteiger partial charge is 0.493 e. The third kappa shape index (κ3) is 2.71. The first-order chi connectivity index (χ1) is 9.22. The van der Waals surface area contributed by atoms with Gasteiger partial charge in [0.05, 0.1) is 6.61 Å². The summed E-state index contributed by atoms with van der Waals surface area (Å²) in [6.45, 7) is 3.39. The van der Waals surface area contributed by atoms with Crippen molar-refractivity contribution in [2.24, 2.45) is 0 Å². The summed E-state index contributed by atoms with van der Waals surface area (Å²) in [7, 11) is 0. The van der Waals surface area contributed by atoms with Crippen molar-refractivity contribution in [3.05, 3.63) is 45.7 Å². The Morgan fingerprint density at radius 3 is 2.89 bits per heavy atom. The van der Waals surface area contributed by atoms with Crippen molar-refractivity contribution < 1.29 is 4.74 Å². The molecule has 0 saturated carbocycles. The Morgan fingerprint density at radius 2 is 2.11 bits per heavy atom. The van der Waals surface area contributed by atoms with Gasteiger partial charge in [0.1, 0.15) is 5.75 Å². The first kappa shape index (κ1) is 12.4. The van der Waals surface area contributed by atoms with Crippen LogP contribution in [0.3, 0.4) is 0 Å². The van der Waals surface area contributed by atoms with Crippen LogP contribution >= 0.6 is 15.9 Å². The van der Waals surface area contributed by atoms with Crippen molar-refractivity contribution in [1.29, 1.82) is 0 Å². The van der Waals surface area contributed by atoms with Crippen molar-refractivity contribution in [3.8, 4) is 5.75 Å². The predicted molar refractivity (Wildman–Crippen MR) is 77.4 cm³/mol. The highest BCUT2D eigenvalue weighted by Crippen LogP contribution is 2.33. The first-order valence-electron chi connectivity index (χ1n) is 6.19. The van der Waals surface area contributed by atoms with Gasteiger partial charge in [0.2, 0.25) is 5.95 Å². The van der Waals surface area contributed by atoms with Crippen molar-refractivity contribution in [2.45, 2.75) is 19.9 Å². The smallest absolute Gasteiger partial charge is 0.222 e. The minimum atomic E-state index is 0.636. The first-order valence-corrected chi connectivity index (χ1v) is 6.98. The van der Waals surface area contributed by atoms with Crippen LogP contribution in [0.4, 0.5) is 5.95 Å². The van der Waals surface area contributed by atoms with Gasteiger partial charge < -0.3 is 10.1 Å². The molecule has 0 saturated heterocycles. The zero-order valence-corrected chi connectivity index (χ0v) is 12.2. The van der Waals surface area contributed by atoms with Crippen molar-refractivity contribution >= 4 is 21.9 Å². The molecule has 98 valence electrons. The summed E-state index contributed by atoms with van der Waals surface area (Å²) in [4.78, 5) is 8.47. The molecule has 0 fully saturated rings. The van der Waals surface area contributed by atoms with E-state index in [1.54, 1.807) is 12.4 Å². The highest BCUT2D eigenvalue weighted by atomic mass is 79.9. The third-order valence-electron chi connectivity index (χ3n) is 3.04. The van der Waals surface area contributed by atoms with Crippen LogP contribution < -0.4 is 10.1 Å². The SMILES string of the molecule is Cc1cnc(NCc2cc(Br)cc3c2OCC3)nc1. The average Bonchev–Trinajstić information content (AvgIpc) is 2.85. The standard InChI is InChI=1S/C14H14BrN3O/c1-9-6-16-14(17-7-9)18-8-11-5-12(15)4-10-2-3-19-13(10)11/h4-7H,2-3,8H2,1H3,(H,16,17,18). The molecule has 2 aromatic rings. The molecule has 1 aliphatic rings. The van der Waals surface area contributed by atoms with Crippen LogP contribution in [0.25, 0.3) is 0 Å². The van der Waals surface area contributed by atoms with Gasteiger partial charge in [-0.05, 0) is 30.2 Å². The number of benzene rings is 1. The highest BCUT2D eigenvalue weighted by Gasteiger charge is 2.17. The van der Waals surface area contributed by atoms with Crippen LogP contribution in [0.1, 0.15) is 16.7 Å². The van der Waals surface area contributed by atoms with Crippen LogP contribution in [0.2, 0.25) is 0 Å². The number of halogens is 1. The van der Waals surface area contributed by atoms with Gasteiger partial charge in [0, 0.05) is 35.4 Å². The van der Waals surface area contributed by atoms with E-state index < -0.39 is 0 Å². The quantitative estimate of drug-likeness (QED) is 0.944. The van der Waals surface area contributed by atoms with E-state index in [0.29, 0.717) is 12.5 Å². The van der Waals surface area contributed by atoms with Crippen molar-refractivity contribution in [3.63, 3.8) is 0 Å². The van der Waals surface area contributed by atoms with E-state index >= 15 is 0 Å². The van der Waals surface area contributed by atoms with Crippen LogP contribution in [0.15, 0.2) is 29.0 Å². The van der Waals surface area contributed by atoms with Crippen LogP contribution in [0.5, 0.6) is 5.75 Å². The molecule has 1 N–H and O–H groups in total. The Morgan fingerprint density at radius 1 is 1.32 bits per heavy atom. The molecule has 0 spiro atoms. The highest BCUT2D eigenvalue weighted by molar-refractivity contribution is 9.10. The Labute approximate surface area is 120 Å². The van der Waals surface area contributed by atoms with Crippen molar-refractivity contribution in [2.75, 3.05) is 11.9 Å². The van der Waals surface area contributed by atoms with Crippen LogP contribution in [-0.4, -0.2) is 16.6 Å². The average molecular weight is 320 g/mol. The van der Waals surface area contributed by atoms with Gasteiger partial charge in [-0.25, -0.2) is 9.97 Å². The molecule has 0 aliphatic carbocycles. The predicted octanol–water partition coefficient (Wildman–Crippen LogP) is 3.09.